The second-order valence-electron chi connectivity index (χ2n) is 7.85. The summed E-state index contributed by atoms with van der Waals surface area (Å²) in [6.45, 7) is 1.54. The van der Waals surface area contributed by atoms with Crippen LogP contribution >= 0.6 is 0 Å². The molecule has 0 saturated heterocycles. The lowest BCUT2D eigenvalue weighted by Crippen LogP contribution is -2.38. The Kier molecular flexibility index (Phi) is 5.43. The molecule has 1 unspecified atom stereocenters. The van der Waals surface area contributed by atoms with Gasteiger partial charge in [-0.25, -0.2) is 18.4 Å². The molecule has 0 bridgehead atoms. The van der Waals surface area contributed by atoms with Crippen LogP contribution in [0.1, 0.15) is 11.8 Å². The van der Waals surface area contributed by atoms with Gasteiger partial charge in [-0.15, -0.1) is 0 Å². The van der Waals surface area contributed by atoms with Crippen LogP contribution in [-0.2, 0) is 14.8 Å². The molecule has 12 heteroatoms. The number of pyridine rings is 2. The molecule has 0 fully saturated rings. The van der Waals surface area contributed by atoms with Crippen molar-refractivity contribution in [1.29, 1.82) is 0 Å². The SMILES string of the molecule is COc1cccc(C(O)C(=O)N2CC3=C(C2)CN(S(=O)(=O)c2cnc4c(c2)OCCO4)C3)n1. The zero-order chi connectivity index (χ0) is 23.2. The molecule has 2 aromatic heterocycles. The maximum atomic E-state index is 13.1. The normalized spacial score (nSPS) is 18.9. The smallest absolute Gasteiger partial charge is 0.258 e. The van der Waals surface area contributed by atoms with Gasteiger partial charge in [0.1, 0.15) is 18.1 Å². The molecule has 0 aliphatic carbocycles. The van der Waals surface area contributed by atoms with Gasteiger partial charge in [0.2, 0.25) is 15.9 Å². The van der Waals surface area contributed by atoms with Gasteiger partial charge in [-0.2, -0.15) is 4.31 Å². The van der Waals surface area contributed by atoms with Crippen molar-refractivity contribution in [3.63, 3.8) is 0 Å². The summed E-state index contributed by atoms with van der Waals surface area (Å²) in [6, 6.07) is 6.25. The molecule has 3 aliphatic rings. The van der Waals surface area contributed by atoms with Crippen LogP contribution in [0.25, 0.3) is 0 Å². The van der Waals surface area contributed by atoms with Crippen LogP contribution in [-0.4, -0.2) is 85.1 Å². The van der Waals surface area contributed by atoms with Crippen molar-refractivity contribution in [3.8, 4) is 17.5 Å². The number of aromatic nitrogens is 2. The summed E-state index contributed by atoms with van der Waals surface area (Å²) in [6.07, 6.45) is -0.164. The Bertz CT molecular complexity index is 1230. The van der Waals surface area contributed by atoms with Gasteiger partial charge in [-0.3, -0.25) is 4.79 Å². The van der Waals surface area contributed by atoms with Gasteiger partial charge in [0, 0.05) is 38.3 Å². The van der Waals surface area contributed by atoms with E-state index in [0.29, 0.717) is 24.8 Å². The molecule has 5 rings (SSSR count). The van der Waals surface area contributed by atoms with Gasteiger partial charge in [-0.1, -0.05) is 6.07 Å². The van der Waals surface area contributed by atoms with E-state index in [1.54, 1.807) is 18.2 Å². The first-order valence-corrected chi connectivity index (χ1v) is 11.7. The van der Waals surface area contributed by atoms with Crippen LogP contribution in [0.2, 0.25) is 0 Å². The summed E-state index contributed by atoms with van der Waals surface area (Å²) in [4.78, 5) is 22.5. The molecule has 0 radical (unpaired) electrons. The van der Waals surface area contributed by atoms with Gasteiger partial charge in [0.15, 0.2) is 11.9 Å². The number of carbonyl (C=O) groups is 1. The monoisotopic (exact) mass is 474 g/mol. The van der Waals surface area contributed by atoms with E-state index in [-0.39, 0.29) is 42.6 Å². The zero-order valence-corrected chi connectivity index (χ0v) is 18.6. The number of methoxy groups -OCH3 is 1. The fraction of sp³-hybridized carbons (Fsp3) is 0.381. The molecule has 11 nitrogen and oxygen atoms in total. The third-order valence-electron chi connectivity index (χ3n) is 5.79. The van der Waals surface area contributed by atoms with Crippen molar-refractivity contribution < 1.29 is 32.5 Å². The van der Waals surface area contributed by atoms with Crippen molar-refractivity contribution in [2.75, 3.05) is 46.5 Å². The predicted molar refractivity (Wildman–Crippen MR) is 113 cm³/mol. The van der Waals surface area contributed by atoms with Crippen LogP contribution in [0.5, 0.6) is 17.5 Å². The van der Waals surface area contributed by atoms with Crippen LogP contribution in [0, 0.1) is 0 Å². The topological polar surface area (TPSA) is 131 Å². The Hall–Kier alpha value is -3.22. The van der Waals surface area contributed by atoms with Gasteiger partial charge in [0.05, 0.1) is 19.0 Å². The number of amides is 1. The third kappa shape index (κ3) is 3.90. The number of rotatable bonds is 5. The van der Waals surface area contributed by atoms with Crippen LogP contribution in [0.15, 0.2) is 46.5 Å². The number of ether oxygens (including phenoxy) is 3. The molecule has 0 saturated carbocycles. The number of nitrogens with zero attached hydrogens (tertiary/aromatic N) is 4. The lowest BCUT2D eigenvalue weighted by atomic mass is 10.2. The van der Waals surface area contributed by atoms with Crippen molar-refractivity contribution in [3.05, 3.63) is 47.3 Å². The molecule has 1 atom stereocenters. The average Bonchev–Trinajstić information content (AvgIpc) is 3.43. The van der Waals surface area contributed by atoms with E-state index in [1.807, 2.05) is 0 Å². The second kappa shape index (κ2) is 8.28. The van der Waals surface area contributed by atoms with E-state index in [1.165, 1.54) is 28.6 Å². The highest BCUT2D eigenvalue weighted by Crippen LogP contribution is 2.34. The summed E-state index contributed by atoms with van der Waals surface area (Å²) < 4.78 is 43.5. The Balaban J connectivity index is 1.25. The number of hydrogen-bond acceptors (Lipinski definition) is 9. The van der Waals surface area contributed by atoms with E-state index in [4.69, 9.17) is 14.2 Å². The summed E-state index contributed by atoms with van der Waals surface area (Å²) >= 11 is 0. The number of fused-ring (bicyclic) bond motifs is 1. The highest BCUT2D eigenvalue weighted by molar-refractivity contribution is 7.89. The quantitative estimate of drug-likeness (QED) is 0.601. The number of aliphatic hydroxyl groups excluding tert-OH is 1. The fourth-order valence-electron chi connectivity index (χ4n) is 4.07. The molecule has 1 amide bonds. The number of sulfonamides is 1. The summed E-state index contributed by atoms with van der Waals surface area (Å²) in [5.41, 5.74) is 1.90. The van der Waals surface area contributed by atoms with Gasteiger partial charge < -0.3 is 24.2 Å². The molecule has 0 spiro atoms. The molecule has 33 heavy (non-hydrogen) atoms. The van der Waals surface area contributed by atoms with Crippen molar-refractivity contribution in [1.82, 2.24) is 19.2 Å². The van der Waals surface area contributed by atoms with Crippen LogP contribution in [0.4, 0.5) is 0 Å². The molecular weight excluding hydrogens is 452 g/mol. The number of aliphatic hydroxyl groups is 1. The first kappa shape index (κ1) is 21.6. The molecule has 5 heterocycles. The first-order valence-electron chi connectivity index (χ1n) is 10.3. The Morgan fingerprint density at radius 2 is 1.88 bits per heavy atom. The maximum Gasteiger partial charge on any atom is 0.258 e. The Morgan fingerprint density at radius 3 is 2.61 bits per heavy atom. The molecule has 0 aromatic carbocycles. The zero-order valence-electron chi connectivity index (χ0n) is 17.8. The summed E-state index contributed by atoms with van der Waals surface area (Å²) in [5, 5.41) is 10.5. The number of hydrogen-bond donors (Lipinski definition) is 1. The van der Waals surface area contributed by atoms with E-state index < -0.39 is 22.0 Å². The van der Waals surface area contributed by atoms with Gasteiger partial charge in [-0.05, 0) is 17.2 Å². The summed E-state index contributed by atoms with van der Waals surface area (Å²) in [5.74, 6) is 0.394. The first-order chi connectivity index (χ1) is 15.9. The molecular formula is C21H22N4O7S. The minimum atomic E-state index is -3.80. The van der Waals surface area contributed by atoms with E-state index >= 15 is 0 Å². The van der Waals surface area contributed by atoms with Gasteiger partial charge in [0.25, 0.3) is 11.8 Å². The Morgan fingerprint density at radius 1 is 1.15 bits per heavy atom. The summed E-state index contributed by atoms with van der Waals surface area (Å²) in [7, 11) is -2.35. The van der Waals surface area contributed by atoms with Crippen molar-refractivity contribution >= 4 is 15.9 Å². The van der Waals surface area contributed by atoms with E-state index in [9.17, 15) is 18.3 Å². The maximum absolute atomic E-state index is 13.1. The lowest BCUT2D eigenvalue weighted by molar-refractivity contribution is -0.139. The molecule has 174 valence electrons. The largest absolute Gasteiger partial charge is 0.484 e. The average molecular weight is 474 g/mol. The predicted octanol–water partition coefficient (Wildman–Crippen LogP) is 0.133. The minimum Gasteiger partial charge on any atom is -0.484 e. The fourth-order valence-corrected chi connectivity index (χ4v) is 5.47. The highest BCUT2D eigenvalue weighted by Gasteiger charge is 2.39. The molecule has 2 aromatic rings. The lowest BCUT2D eigenvalue weighted by Gasteiger charge is -2.24. The standard InChI is InChI=1S/C21H22N4O7S/c1-30-18-4-2-3-16(23-18)19(26)21(27)24-9-13-11-25(12-14(13)10-24)33(28,29)15-7-17-20(22-8-15)32-6-5-31-17/h2-4,7-8,19,26H,5-6,9-12H2,1H3. The van der Waals surface area contributed by atoms with Crippen molar-refractivity contribution in [2.45, 2.75) is 11.0 Å². The minimum absolute atomic E-state index is 0.0281. The van der Waals surface area contributed by atoms with Crippen LogP contribution in [0.3, 0.4) is 0 Å². The molecule has 3 aliphatic heterocycles. The van der Waals surface area contributed by atoms with Crippen molar-refractivity contribution in [2.24, 2.45) is 0 Å². The Labute approximate surface area is 190 Å². The van der Waals surface area contributed by atoms with Gasteiger partial charge >= 0.3 is 0 Å². The third-order valence-corrected chi connectivity index (χ3v) is 7.55. The van der Waals surface area contributed by atoms with Crippen LogP contribution < -0.4 is 14.2 Å². The number of carbonyl (C=O) groups excluding carboxylic acids is 1. The second-order valence-corrected chi connectivity index (χ2v) is 9.79. The highest BCUT2D eigenvalue weighted by atomic mass is 32.2. The van der Waals surface area contributed by atoms with E-state index in [2.05, 4.69) is 9.97 Å². The molecule has 1 N–H and O–H groups in total. The van der Waals surface area contributed by atoms with E-state index in [0.717, 1.165) is 11.1 Å².